The van der Waals surface area contributed by atoms with Crippen molar-refractivity contribution < 1.29 is 4.79 Å². The van der Waals surface area contributed by atoms with Gasteiger partial charge in [0.05, 0.1) is 6.04 Å². The molecule has 1 saturated heterocycles. The van der Waals surface area contributed by atoms with Crippen molar-refractivity contribution >= 4 is 29.1 Å². The summed E-state index contributed by atoms with van der Waals surface area (Å²) in [6.45, 7) is 2.34. The molecule has 5 heteroatoms. The fourth-order valence-electron chi connectivity index (χ4n) is 2.97. The summed E-state index contributed by atoms with van der Waals surface area (Å²) in [5, 5.41) is 0.956. The Balaban J connectivity index is 1.93. The highest BCUT2D eigenvalue weighted by Crippen LogP contribution is 2.28. The van der Waals surface area contributed by atoms with E-state index in [0.29, 0.717) is 22.2 Å². The molecular weight excluding hydrogens is 331 g/mol. The molecule has 0 bridgehead atoms. The van der Waals surface area contributed by atoms with Gasteiger partial charge in [-0.2, -0.15) is 0 Å². The fraction of sp³-hybridized carbons (Fsp3) is 0.278. The number of amides is 1. The van der Waals surface area contributed by atoms with Crippen LogP contribution >= 0.6 is 23.2 Å². The Morgan fingerprint density at radius 1 is 1.04 bits per heavy atom. The zero-order valence-corrected chi connectivity index (χ0v) is 14.4. The summed E-state index contributed by atoms with van der Waals surface area (Å²) in [5.74, 6) is -0.0312. The molecule has 0 saturated carbocycles. The Morgan fingerprint density at radius 2 is 1.70 bits per heavy atom. The van der Waals surface area contributed by atoms with Crippen LogP contribution in [0.5, 0.6) is 0 Å². The SMILES string of the molecule is CN1CCN(C(=O)c2cc(Cl)cc(Cl)c2)[C@@H](c2ccccc2)C1. The van der Waals surface area contributed by atoms with Gasteiger partial charge in [0.25, 0.3) is 5.91 Å². The Bertz CT molecular complexity index is 685. The number of halogens is 2. The molecule has 120 valence electrons. The molecule has 0 N–H and O–H groups in total. The Labute approximate surface area is 146 Å². The van der Waals surface area contributed by atoms with Crippen LogP contribution in [0.15, 0.2) is 48.5 Å². The molecule has 0 spiro atoms. The third-order valence-electron chi connectivity index (χ3n) is 4.14. The predicted octanol–water partition coefficient (Wildman–Crippen LogP) is 4.12. The first-order valence-corrected chi connectivity index (χ1v) is 8.31. The van der Waals surface area contributed by atoms with Crippen molar-refractivity contribution in [1.29, 1.82) is 0 Å². The maximum Gasteiger partial charge on any atom is 0.254 e. The van der Waals surface area contributed by atoms with Crippen LogP contribution < -0.4 is 0 Å². The van der Waals surface area contributed by atoms with Gasteiger partial charge in [-0.15, -0.1) is 0 Å². The van der Waals surface area contributed by atoms with E-state index in [2.05, 4.69) is 24.1 Å². The number of hydrogen-bond acceptors (Lipinski definition) is 2. The van der Waals surface area contributed by atoms with E-state index in [9.17, 15) is 4.79 Å². The van der Waals surface area contributed by atoms with Crippen molar-refractivity contribution in [1.82, 2.24) is 9.80 Å². The van der Waals surface area contributed by atoms with E-state index < -0.39 is 0 Å². The summed E-state index contributed by atoms with van der Waals surface area (Å²) in [6.07, 6.45) is 0. The van der Waals surface area contributed by atoms with E-state index in [1.807, 2.05) is 23.1 Å². The number of rotatable bonds is 2. The molecule has 1 atom stereocenters. The van der Waals surface area contributed by atoms with Crippen LogP contribution in [0, 0.1) is 0 Å². The van der Waals surface area contributed by atoms with Gasteiger partial charge in [0.1, 0.15) is 0 Å². The van der Waals surface area contributed by atoms with Crippen molar-refractivity contribution in [3.63, 3.8) is 0 Å². The molecule has 0 aliphatic carbocycles. The van der Waals surface area contributed by atoms with Crippen LogP contribution in [0.25, 0.3) is 0 Å². The van der Waals surface area contributed by atoms with Gasteiger partial charge >= 0.3 is 0 Å². The second kappa shape index (κ2) is 6.91. The van der Waals surface area contributed by atoms with Crippen LogP contribution in [0.3, 0.4) is 0 Å². The van der Waals surface area contributed by atoms with Crippen LogP contribution in [0.1, 0.15) is 22.0 Å². The molecule has 1 heterocycles. The maximum atomic E-state index is 13.0. The second-order valence-corrected chi connectivity index (χ2v) is 6.72. The van der Waals surface area contributed by atoms with E-state index in [0.717, 1.165) is 18.7 Å². The number of benzene rings is 2. The topological polar surface area (TPSA) is 23.6 Å². The summed E-state index contributed by atoms with van der Waals surface area (Å²) >= 11 is 12.1. The van der Waals surface area contributed by atoms with Crippen molar-refractivity contribution in [3.8, 4) is 0 Å². The van der Waals surface area contributed by atoms with Gasteiger partial charge in [-0.05, 0) is 30.8 Å². The van der Waals surface area contributed by atoms with Crippen molar-refractivity contribution in [2.45, 2.75) is 6.04 Å². The Morgan fingerprint density at radius 3 is 2.35 bits per heavy atom. The van der Waals surface area contributed by atoms with Gasteiger partial charge in [0.2, 0.25) is 0 Å². The standard InChI is InChI=1S/C18H18Cl2N2O/c1-21-7-8-22(17(12-21)13-5-3-2-4-6-13)18(23)14-9-15(19)11-16(20)10-14/h2-6,9-11,17H,7-8,12H2,1H3/t17-/m1/s1. The van der Waals surface area contributed by atoms with Crippen molar-refractivity contribution in [2.75, 3.05) is 26.7 Å². The average molecular weight is 349 g/mol. The lowest BCUT2D eigenvalue weighted by molar-refractivity contribution is 0.0498. The van der Waals surface area contributed by atoms with E-state index in [1.54, 1.807) is 18.2 Å². The van der Waals surface area contributed by atoms with Crippen LogP contribution in [-0.4, -0.2) is 42.4 Å². The molecule has 1 aliphatic rings. The summed E-state index contributed by atoms with van der Waals surface area (Å²) < 4.78 is 0. The smallest absolute Gasteiger partial charge is 0.254 e. The highest BCUT2D eigenvalue weighted by molar-refractivity contribution is 6.35. The number of carbonyl (C=O) groups excluding carboxylic acids is 1. The van der Waals surface area contributed by atoms with Gasteiger partial charge in [-0.1, -0.05) is 53.5 Å². The monoisotopic (exact) mass is 348 g/mol. The Kier molecular flexibility index (Phi) is 4.90. The van der Waals surface area contributed by atoms with Crippen LogP contribution in [0.2, 0.25) is 10.0 Å². The third-order valence-corrected chi connectivity index (χ3v) is 4.57. The third kappa shape index (κ3) is 3.69. The molecule has 1 fully saturated rings. The predicted molar refractivity (Wildman–Crippen MR) is 94.2 cm³/mol. The second-order valence-electron chi connectivity index (χ2n) is 5.85. The molecule has 0 radical (unpaired) electrons. The zero-order chi connectivity index (χ0) is 16.4. The van der Waals surface area contributed by atoms with Gasteiger partial charge in [-0.25, -0.2) is 0 Å². The van der Waals surface area contributed by atoms with Crippen molar-refractivity contribution in [2.24, 2.45) is 0 Å². The molecule has 23 heavy (non-hydrogen) atoms. The first kappa shape index (κ1) is 16.3. The quantitative estimate of drug-likeness (QED) is 0.814. The van der Waals surface area contributed by atoms with Crippen LogP contribution in [-0.2, 0) is 0 Å². The molecule has 3 rings (SSSR count). The highest BCUT2D eigenvalue weighted by Gasteiger charge is 2.30. The van der Waals surface area contributed by atoms with Crippen molar-refractivity contribution in [3.05, 3.63) is 69.7 Å². The number of hydrogen-bond donors (Lipinski definition) is 0. The first-order valence-electron chi connectivity index (χ1n) is 7.55. The number of likely N-dealkylation sites (N-methyl/N-ethyl adjacent to an activating group) is 1. The highest BCUT2D eigenvalue weighted by atomic mass is 35.5. The normalized spacial score (nSPS) is 18.9. The van der Waals surface area contributed by atoms with E-state index >= 15 is 0 Å². The molecule has 1 aliphatic heterocycles. The number of nitrogens with zero attached hydrogens (tertiary/aromatic N) is 2. The summed E-state index contributed by atoms with van der Waals surface area (Å²) in [6, 6.07) is 15.1. The van der Waals surface area contributed by atoms with E-state index in [-0.39, 0.29) is 11.9 Å². The number of carbonyl (C=O) groups is 1. The Hall–Kier alpha value is -1.55. The lowest BCUT2D eigenvalue weighted by Gasteiger charge is -2.40. The van der Waals surface area contributed by atoms with Gasteiger partial charge in [0.15, 0.2) is 0 Å². The lowest BCUT2D eigenvalue weighted by atomic mass is 10.0. The minimum absolute atomic E-state index is 0.0280. The first-order chi connectivity index (χ1) is 11.0. The largest absolute Gasteiger partial charge is 0.329 e. The minimum atomic E-state index is -0.0312. The lowest BCUT2D eigenvalue weighted by Crippen LogP contribution is -2.49. The van der Waals surface area contributed by atoms with Crippen LogP contribution in [0.4, 0.5) is 0 Å². The number of piperazine rings is 1. The van der Waals surface area contributed by atoms with Gasteiger partial charge in [-0.3, -0.25) is 4.79 Å². The molecule has 2 aromatic rings. The summed E-state index contributed by atoms with van der Waals surface area (Å²) in [7, 11) is 2.08. The average Bonchev–Trinajstić information content (AvgIpc) is 2.54. The molecule has 0 unspecified atom stereocenters. The minimum Gasteiger partial charge on any atom is -0.329 e. The summed E-state index contributed by atoms with van der Waals surface area (Å²) in [4.78, 5) is 17.1. The molecular formula is C18H18Cl2N2O. The van der Waals surface area contributed by atoms with E-state index in [4.69, 9.17) is 23.2 Å². The fourth-order valence-corrected chi connectivity index (χ4v) is 3.49. The maximum absolute atomic E-state index is 13.0. The molecule has 1 amide bonds. The van der Waals surface area contributed by atoms with Gasteiger partial charge < -0.3 is 9.80 Å². The summed E-state index contributed by atoms with van der Waals surface area (Å²) in [5.41, 5.74) is 1.67. The molecule has 3 nitrogen and oxygen atoms in total. The zero-order valence-electron chi connectivity index (χ0n) is 12.9. The van der Waals surface area contributed by atoms with E-state index in [1.165, 1.54) is 0 Å². The molecule has 2 aromatic carbocycles. The molecule has 0 aromatic heterocycles. The van der Waals surface area contributed by atoms with Gasteiger partial charge in [0, 0.05) is 35.2 Å².